The standard InChI is InChI=1S/C35H32BrN3O5S/c1-5-43-29-18-26(36)25(17-28(29)42-4)32-31(34(41)44-6-2)21(3)37-35-39(32)33(40)30(45-35)16-23-20-38(19-22-12-8-7-9-13-22)27-15-11-10-14-24(23)27/h7-18,20,32H,5-6,19H2,1-4H3/b30-16+/t32-/m0/s1. The Hall–Kier alpha value is -4.41. The summed E-state index contributed by atoms with van der Waals surface area (Å²) in [6.07, 6.45) is 4.00. The van der Waals surface area contributed by atoms with Gasteiger partial charge in [0.15, 0.2) is 16.3 Å². The third kappa shape index (κ3) is 5.76. The third-order valence-corrected chi connectivity index (χ3v) is 9.37. The first-order chi connectivity index (χ1) is 21.8. The van der Waals surface area contributed by atoms with E-state index in [1.807, 2.05) is 43.3 Å². The zero-order chi connectivity index (χ0) is 31.7. The van der Waals surface area contributed by atoms with Gasteiger partial charge in [-0.2, -0.15) is 0 Å². The van der Waals surface area contributed by atoms with Gasteiger partial charge < -0.3 is 18.8 Å². The minimum atomic E-state index is -0.805. The summed E-state index contributed by atoms with van der Waals surface area (Å²) < 4.78 is 21.8. The molecule has 0 aliphatic carbocycles. The number of hydrogen-bond acceptors (Lipinski definition) is 7. The number of nitrogens with zero attached hydrogens (tertiary/aromatic N) is 3. The zero-order valence-electron chi connectivity index (χ0n) is 25.4. The van der Waals surface area contributed by atoms with Gasteiger partial charge in [-0.25, -0.2) is 9.79 Å². The Bertz CT molecular complexity index is 2130. The fraction of sp³-hybridized carbons (Fsp3) is 0.229. The summed E-state index contributed by atoms with van der Waals surface area (Å²) in [7, 11) is 1.56. The number of rotatable bonds is 9. The van der Waals surface area contributed by atoms with Crippen LogP contribution >= 0.6 is 27.3 Å². The number of halogens is 1. The molecule has 2 aromatic heterocycles. The van der Waals surface area contributed by atoms with E-state index in [-0.39, 0.29) is 12.2 Å². The first-order valence-corrected chi connectivity index (χ1v) is 16.3. The summed E-state index contributed by atoms with van der Waals surface area (Å²) in [6.45, 7) is 6.75. The minimum Gasteiger partial charge on any atom is -0.493 e. The number of esters is 1. The minimum absolute atomic E-state index is 0.188. The molecular weight excluding hydrogens is 654 g/mol. The molecule has 0 radical (unpaired) electrons. The molecule has 1 aliphatic rings. The van der Waals surface area contributed by atoms with Crippen LogP contribution in [0.2, 0.25) is 0 Å². The number of thiazole rings is 1. The Labute approximate surface area is 272 Å². The van der Waals surface area contributed by atoms with Crippen molar-refractivity contribution in [2.75, 3.05) is 20.3 Å². The van der Waals surface area contributed by atoms with E-state index in [1.54, 1.807) is 37.7 Å². The second-order valence-corrected chi connectivity index (χ2v) is 12.3. The predicted octanol–water partition coefficient (Wildman–Crippen LogP) is 5.97. The topological polar surface area (TPSA) is 84.1 Å². The summed E-state index contributed by atoms with van der Waals surface area (Å²) in [6, 6.07) is 21.2. The van der Waals surface area contributed by atoms with Crippen molar-refractivity contribution in [3.05, 3.63) is 125 Å². The maximum Gasteiger partial charge on any atom is 0.338 e. The molecule has 0 bridgehead atoms. The zero-order valence-corrected chi connectivity index (χ0v) is 27.8. The van der Waals surface area contributed by atoms with E-state index < -0.39 is 12.0 Å². The van der Waals surface area contributed by atoms with Crippen molar-refractivity contribution >= 4 is 50.2 Å². The van der Waals surface area contributed by atoms with Gasteiger partial charge in [-0.15, -0.1) is 0 Å². The summed E-state index contributed by atoms with van der Waals surface area (Å²) in [5.74, 6) is 0.511. The van der Waals surface area contributed by atoms with Crippen LogP contribution in [0.25, 0.3) is 17.0 Å². The molecule has 5 aromatic rings. The van der Waals surface area contributed by atoms with E-state index >= 15 is 0 Å². The normalized spacial score (nSPS) is 14.8. The van der Waals surface area contributed by atoms with Crippen molar-refractivity contribution < 1.29 is 19.0 Å². The second-order valence-electron chi connectivity index (χ2n) is 10.5. The number of aromatic nitrogens is 2. The highest BCUT2D eigenvalue weighted by atomic mass is 79.9. The van der Waals surface area contributed by atoms with Gasteiger partial charge in [-0.3, -0.25) is 9.36 Å². The Morgan fingerprint density at radius 1 is 1.04 bits per heavy atom. The van der Waals surface area contributed by atoms with Gasteiger partial charge >= 0.3 is 5.97 Å². The Balaban J connectivity index is 1.55. The smallest absolute Gasteiger partial charge is 0.338 e. The quantitative estimate of drug-likeness (QED) is 0.179. The lowest BCUT2D eigenvalue weighted by molar-refractivity contribution is -0.139. The molecule has 0 unspecified atom stereocenters. The lowest BCUT2D eigenvalue weighted by Gasteiger charge is -2.26. The molecule has 45 heavy (non-hydrogen) atoms. The SMILES string of the molecule is CCOC(=O)C1=C(C)N=c2s/c(=C/c3cn(Cc4ccccc4)c4ccccc34)c(=O)n2[C@H]1c1cc(OC)c(OCC)cc1Br. The van der Waals surface area contributed by atoms with Crippen LogP contribution in [-0.4, -0.2) is 35.4 Å². The molecule has 0 saturated carbocycles. The second kappa shape index (κ2) is 12.9. The van der Waals surface area contributed by atoms with Gasteiger partial charge in [-0.1, -0.05) is 75.8 Å². The van der Waals surface area contributed by atoms with E-state index in [0.717, 1.165) is 16.5 Å². The van der Waals surface area contributed by atoms with E-state index in [1.165, 1.54) is 16.9 Å². The van der Waals surface area contributed by atoms with Crippen molar-refractivity contribution in [1.82, 2.24) is 9.13 Å². The van der Waals surface area contributed by atoms with Crippen LogP contribution < -0.4 is 24.4 Å². The van der Waals surface area contributed by atoms with Crippen molar-refractivity contribution in [1.29, 1.82) is 0 Å². The van der Waals surface area contributed by atoms with Crippen LogP contribution in [0.15, 0.2) is 98.5 Å². The highest BCUT2D eigenvalue weighted by Crippen LogP contribution is 2.41. The molecule has 0 N–H and O–H groups in total. The number of benzene rings is 3. The van der Waals surface area contributed by atoms with Crippen molar-refractivity contribution in [2.45, 2.75) is 33.4 Å². The number of ether oxygens (including phenoxy) is 3. The molecule has 3 heterocycles. The molecule has 0 fully saturated rings. The van der Waals surface area contributed by atoms with Crippen LogP contribution in [0.4, 0.5) is 0 Å². The fourth-order valence-electron chi connectivity index (χ4n) is 5.72. The van der Waals surface area contributed by atoms with Gasteiger partial charge in [0.05, 0.1) is 42.2 Å². The maximum absolute atomic E-state index is 14.3. The first-order valence-electron chi connectivity index (χ1n) is 14.7. The lowest BCUT2D eigenvalue weighted by atomic mass is 9.95. The molecule has 0 amide bonds. The van der Waals surface area contributed by atoms with E-state index in [4.69, 9.17) is 19.2 Å². The first kappa shape index (κ1) is 30.6. The third-order valence-electron chi connectivity index (χ3n) is 7.70. The summed E-state index contributed by atoms with van der Waals surface area (Å²) >= 11 is 4.98. The highest BCUT2D eigenvalue weighted by molar-refractivity contribution is 9.10. The van der Waals surface area contributed by atoms with Crippen LogP contribution in [-0.2, 0) is 16.1 Å². The predicted molar refractivity (Wildman–Crippen MR) is 180 cm³/mol. The fourth-order valence-corrected chi connectivity index (χ4v) is 7.29. The number of allylic oxidation sites excluding steroid dienone is 1. The van der Waals surface area contributed by atoms with Gasteiger partial charge in [-0.05, 0) is 56.2 Å². The lowest BCUT2D eigenvalue weighted by Crippen LogP contribution is -2.40. The Kier molecular flexibility index (Phi) is 8.78. The molecule has 0 spiro atoms. The summed E-state index contributed by atoms with van der Waals surface area (Å²) in [4.78, 5) is 33.0. The number of fused-ring (bicyclic) bond motifs is 2. The Morgan fingerprint density at radius 2 is 1.80 bits per heavy atom. The van der Waals surface area contributed by atoms with Crippen molar-refractivity contribution in [3.63, 3.8) is 0 Å². The number of carbonyl (C=O) groups excluding carboxylic acids is 1. The van der Waals surface area contributed by atoms with E-state index in [0.29, 0.717) is 55.3 Å². The molecule has 1 aliphatic heterocycles. The molecule has 10 heteroatoms. The average molecular weight is 687 g/mol. The van der Waals surface area contributed by atoms with Crippen LogP contribution in [0.3, 0.4) is 0 Å². The Morgan fingerprint density at radius 3 is 2.53 bits per heavy atom. The maximum atomic E-state index is 14.3. The van der Waals surface area contributed by atoms with E-state index in [9.17, 15) is 9.59 Å². The van der Waals surface area contributed by atoms with E-state index in [2.05, 4.69) is 51.0 Å². The molecule has 6 rings (SSSR count). The molecule has 230 valence electrons. The van der Waals surface area contributed by atoms with Crippen LogP contribution in [0.5, 0.6) is 11.5 Å². The van der Waals surface area contributed by atoms with Gasteiger partial charge in [0, 0.05) is 33.7 Å². The van der Waals surface area contributed by atoms with Crippen molar-refractivity contribution in [2.24, 2.45) is 4.99 Å². The molecule has 3 aromatic carbocycles. The van der Waals surface area contributed by atoms with Gasteiger partial charge in [0.25, 0.3) is 5.56 Å². The van der Waals surface area contributed by atoms with Gasteiger partial charge in [0.1, 0.15) is 0 Å². The summed E-state index contributed by atoms with van der Waals surface area (Å²) in [5, 5.41) is 1.04. The average Bonchev–Trinajstić information content (AvgIpc) is 3.53. The monoisotopic (exact) mass is 685 g/mol. The number of methoxy groups -OCH3 is 1. The molecule has 8 nitrogen and oxygen atoms in total. The molecular formula is C35H32BrN3O5S. The van der Waals surface area contributed by atoms with Gasteiger partial charge in [0.2, 0.25) is 0 Å². The summed E-state index contributed by atoms with van der Waals surface area (Å²) in [5.41, 5.74) is 4.37. The molecule has 0 saturated heterocycles. The highest BCUT2D eigenvalue weighted by Gasteiger charge is 2.35. The van der Waals surface area contributed by atoms with Crippen LogP contribution in [0, 0.1) is 0 Å². The number of hydrogen-bond donors (Lipinski definition) is 0. The number of carbonyl (C=O) groups is 1. The van der Waals surface area contributed by atoms with Crippen LogP contribution in [0.1, 0.15) is 43.5 Å². The number of para-hydroxylation sites is 1. The van der Waals surface area contributed by atoms with Crippen molar-refractivity contribution in [3.8, 4) is 11.5 Å². The largest absolute Gasteiger partial charge is 0.493 e. The molecule has 1 atom stereocenters.